The third-order valence-electron chi connectivity index (χ3n) is 2.46. The van der Waals surface area contributed by atoms with Crippen LogP contribution in [0.1, 0.15) is 6.92 Å². The second kappa shape index (κ2) is 5.42. The summed E-state index contributed by atoms with van der Waals surface area (Å²) in [5.41, 5.74) is 1.40. The number of amides is 1. The van der Waals surface area contributed by atoms with Crippen molar-refractivity contribution in [1.29, 1.82) is 0 Å². The Morgan fingerprint density at radius 2 is 2.33 bits per heavy atom. The van der Waals surface area contributed by atoms with Crippen LogP contribution in [0.2, 0.25) is 0 Å². The number of carbonyl (C=O) groups excluding carboxylic acids is 1. The summed E-state index contributed by atoms with van der Waals surface area (Å²) in [5, 5.41) is 10.2. The van der Waals surface area contributed by atoms with Gasteiger partial charge in [-0.15, -0.1) is 10.2 Å². The largest absolute Gasteiger partial charge is 0.423 e. The molecule has 2 rings (SSSR count). The molecule has 0 radical (unpaired) electrons. The molecule has 1 heterocycles. The van der Waals surface area contributed by atoms with Crippen molar-refractivity contribution in [2.45, 2.75) is 13.0 Å². The number of ether oxygens (including phenoxy) is 1. The number of methoxy groups -OCH3 is 1. The van der Waals surface area contributed by atoms with Crippen molar-refractivity contribution >= 4 is 11.6 Å². The van der Waals surface area contributed by atoms with Gasteiger partial charge in [-0.3, -0.25) is 4.79 Å². The fraction of sp³-hybridized carbons (Fsp3) is 0.250. The number of aromatic nitrogens is 2. The first-order chi connectivity index (χ1) is 8.70. The van der Waals surface area contributed by atoms with E-state index >= 15 is 0 Å². The van der Waals surface area contributed by atoms with Crippen LogP contribution in [-0.2, 0) is 9.53 Å². The summed E-state index contributed by atoms with van der Waals surface area (Å²) in [4.78, 5) is 11.7. The van der Waals surface area contributed by atoms with E-state index in [1.165, 1.54) is 13.5 Å². The second-order valence-electron chi connectivity index (χ2n) is 3.69. The number of hydrogen-bond acceptors (Lipinski definition) is 5. The molecule has 0 saturated carbocycles. The lowest BCUT2D eigenvalue weighted by Gasteiger charge is -2.10. The molecule has 1 amide bonds. The van der Waals surface area contributed by atoms with E-state index in [0.717, 1.165) is 5.56 Å². The number of rotatable bonds is 4. The summed E-state index contributed by atoms with van der Waals surface area (Å²) in [7, 11) is 1.49. The van der Waals surface area contributed by atoms with Gasteiger partial charge in [0.2, 0.25) is 12.3 Å². The number of benzene rings is 1. The Kier molecular flexibility index (Phi) is 3.69. The minimum absolute atomic E-state index is 0.208. The predicted octanol–water partition coefficient (Wildman–Crippen LogP) is 1.71. The number of nitrogens with one attached hydrogen (secondary N) is 1. The van der Waals surface area contributed by atoms with Crippen molar-refractivity contribution in [1.82, 2.24) is 10.2 Å². The van der Waals surface area contributed by atoms with Gasteiger partial charge in [-0.05, 0) is 25.1 Å². The van der Waals surface area contributed by atoms with Crippen LogP contribution in [0.3, 0.4) is 0 Å². The molecule has 2 aromatic rings. The predicted molar refractivity (Wildman–Crippen MR) is 64.8 cm³/mol. The quantitative estimate of drug-likeness (QED) is 0.889. The molecule has 6 nitrogen and oxygen atoms in total. The molecular formula is C12H13N3O3. The third-order valence-corrected chi connectivity index (χ3v) is 2.46. The van der Waals surface area contributed by atoms with Crippen LogP contribution in [0.25, 0.3) is 11.5 Å². The van der Waals surface area contributed by atoms with Gasteiger partial charge in [-0.2, -0.15) is 0 Å². The minimum atomic E-state index is -0.503. The number of nitrogens with zero attached hydrogens (tertiary/aromatic N) is 2. The molecule has 1 unspecified atom stereocenters. The van der Waals surface area contributed by atoms with Gasteiger partial charge in [0, 0.05) is 18.4 Å². The highest BCUT2D eigenvalue weighted by Crippen LogP contribution is 2.20. The van der Waals surface area contributed by atoms with Crippen molar-refractivity contribution < 1.29 is 13.9 Å². The number of hydrogen-bond donors (Lipinski definition) is 1. The summed E-state index contributed by atoms with van der Waals surface area (Å²) < 4.78 is 10.0. The van der Waals surface area contributed by atoms with Crippen molar-refractivity contribution in [3.05, 3.63) is 30.7 Å². The van der Waals surface area contributed by atoms with Gasteiger partial charge in [-0.1, -0.05) is 6.07 Å². The van der Waals surface area contributed by atoms with E-state index in [1.807, 2.05) is 6.07 Å². The van der Waals surface area contributed by atoms with E-state index in [2.05, 4.69) is 15.5 Å². The van der Waals surface area contributed by atoms with Gasteiger partial charge in [-0.25, -0.2) is 0 Å². The minimum Gasteiger partial charge on any atom is -0.423 e. The Morgan fingerprint density at radius 1 is 1.50 bits per heavy atom. The van der Waals surface area contributed by atoms with Gasteiger partial charge < -0.3 is 14.5 Å². The lowest BCUT2D eigenvalue weighted by molar-refractivity contribution is -0.124. The van der Waals surface area contributed by atoms with Crippen molar-refractivity contribution in [2.24, 2.45) is 0 Å². The fourth-order valence-corrected chi connectivity index (χ4v) is 1.38. The summed E-state index contributed by atoms with van der Waals surface area (Å²) >= 11 is 0. The molecule has 0 bridgehead atoms. The Labute approximate surface area is 104 Å². The molecule has 0 aliphatic heterocycles. The first-order valence-electron chi connectivity index (χ1n) is 5.41. The molecule has 0 saturated heterocycles. The highest BCUT2D eigenvalue weighted by Gasteiger charge is 2.12. The van der Waals surface area contributed by atoms with Crippen LogP contribution < -0.4 is 5.32 Å². The SMILES string of the molecule is COC(C)C(=O)Nc1cccc(-c2nnco2)c1. The van der Waals surface area contributed by atoms with Crippen LogP contribution >= 0.6 is 0 Å². The first kappa shape index (κ1) is 12.3. The Hall–Kier alpha value is -2.21. The smallest absolute Gasteiger partial charge is 0.253 e. The highest BCUT2D eigenvalue weighted by atomic mass is 16.5. The first-order valence-corrected chi connectivity index (χ1v) is 5.41. The maximum absolute atomic E-state index is 11.7. The molecule has 0 spiro atoms. The normalized spacial score (nSPS) is 12.1. The topological polar surface area (TPSA) is 77.2 Å². The molecule has 0 fully saturated rings. The van der Waals surface area contributed by atoms with E-state index in [4.69, 9.17) is 9.15 Å². The van der Waals surface area contributed by atoms with Gasteiger partial charge in [0.25, 0.3) is 5.91 Å². The van der Waals surface area contributed by atoms with Gasteiger partial charge in [0.15, 0.2) is 0 Å². The molecule has 94 valence electrons. The monoisotopic (exact) mass is 247 g/mol. The third kappa shape index (κ3) is 2.72. The van der Waals surface area contributed by atoms with E-state index in [-0.39, 0.29) is 5.91 Å². The Balaban J connectivity index is 2.16. The Bertz CT molecular complexity index is 525. The molecule has 6 heteroatoms. The molecule has 1 aromatic carbocycles. The lowest BCUT2D eigenvalue weighted by atomic mass is 10.2. The lowest BCUT2D eigenvalue weighted by Crippen LogP contribution is -2.26. The van der Waals surface area contributed by atoms with E-state index in [0.29, 0.717) is 11.6 Å². The average Bonchev–Trinajstić information content (AvgIpc) is 2.92. The maximum Gasteiger partial charge on any atom is 0.253 e. The molecule has 1 atom stereocenters. The summed E-state index contributed by atoms with van der Waals surface area (Å²) in [5.74, 6) is 0.200. The van der Waals surface area contributed by atoms with Gasteiger partial charge >= 0.3 is 0 Å². The Morgan fingerprint density at radius 3 is 3.00 bits per heavy atom. The zero-order valence-corrected chi connectivity index (χ0v) is 10.1. The molecule has 1 aromatic heterocycles. The maximum atomic E-state index is 11.7. The van der Waals surface area contributed by atoms with Crippen molar-refractivity contribution in [2.75, 3.05) is 12.4 Å². The fourth-order valence-electron chi connectivity index (χ4n) is 1.38. The zero-order chi connectivity index (χ0) is 13.0. The summed E-state index contributed by atoms with van der Waals surface area (Å²) in [6.45, 7) is 1.68. The van der Waals surface area contributed by atoms with E-state index in [9.17, 15) is 4.79 Å². The number of carbonyl (C=O) groups is 1. The molecular weight excluding hydrogens is 234 g/mol. The van der Waals surface area contributed by atoms with Crippen LogP contribution in [-0.4, -0.2) is 29.3 Å². The van der Waals surface area contributed by atoms with Crippen molar-refractivity contribution in [3.8, 4) is 11.5 Å². The summed E-state index contributed by atoms with van der Waals surface area (Å²) in [6.07, 6.45) is 0.755. The average molecular weight is 247 g/mol. The molecule has 1 N–H and O–H groups in total. The van der Waals surface area contributed by atoms with Crippen LogP contribution in [0.5, 0.6) is 0 Å². The van der Waals surface area contributed by atoms with Crippen molar-refractivity contribution in [3.63, 3.8) is 0 Å². The molecule has 18 heavy (non-hydrogen) atoms. The molecule has 0 aliphatic rings. The van der Waals surface area contributed by atoms with Crippen LogP contribution in [0, 0.1) is 0 Å². The van der Waals surface area contributed by atoms with E-state index < -0.39 is 6.10 Å². The van der Waals surface area contributed by atoms with E-state index in [1.54, 1.807) is 25.1 Å². The van der Waals surface area contributed by atoms with Crippen LogP contribution in [0.15, 0.2) is 35.1 Å². The summed E-state index contributed by atoms with van der Waals surface area (Å²) in [6, 6.07) is 7.16. The van der Waals surface area contributed by atoms with Gasteiger partial charge in [0.1, 0.15) is 6.10 Å². The zero-order valence-electron chi connectivity index (χ0n) is 10.1. The standard InChI is InChI=1S/C12H13N3O3/c1-8(17-2)11(16)14-10-5-3-4-9(6-10)12-15-13-7-18-12/h3-8H,1-2H3,(H,14,16). The highest BCUT2D eigenvalue weighted by molar-refractivity contribution is 5.94. The second-order valence-corrected chi connectivity index (χ2v) is 3.69. The van der Waals surface area contributed by atoms with Gasteiger partial charge in [0.05, 0.1) is 0 Å². The number of anilines is 1. The molecule has 0 aliphatic carbocycles. The van der Waals surface area contributed by atoms with Crippen LogP contribution in [0.4, 0.5) is 5.69 Å².